The smallest absolute Gasteiger partial charge is 0.225 e. The van der Waals surface area contributed by atoms with Gasteiger partial charge in [0.25, 0.3) is 0 Å². The minimum absolute atomic E-state index is 0.0385. The van der Waals surface area contributed by atoms with Gasteiger partial charge in [-0.25, -0.2) is 0 Å². The van der Waals surface area contributed by atoms with E-state index < -0.39 is 0 Å². The number of nitrogens with zero attached hydrogens (tertiary/aromatic N) is 2. The largest absolute Gasteiger partial charge is 0.373 e. The molecule has 2 saturated heterocycles. The van der Waals surface area contributed by atoms with Gasteiger partial charge in [0, 0.05) is 50.1 Å². The standard InChI is InChI=1S/C20H35N3O3/c1-14-11-23(12-15(2)26-14)20(3,4)13-21-18(24)16-7-9-22(10-8-16)19(25)17-5-6-17/h14-17H,5-13H2,1-4H3,(H,21,24)/t14-,15-/m1/s1. The molecule has 2 heterocycles. The second-order valence-electron chi connectivity index (χ2n) is 9.07. The molecule has 26 heavy (non-hydrogen) atoms. The van der Waals surface area contributed by atoms with Gasteiger partial charge in [0.1, 0.15) is 0 Å². The SMILES string of the molecule is C[C@@H]1CN(C(C)(C)CNC(=O)C2CCN(C(=O)C3CC3)CC2)C[C@@H](C)O1. The Balaban J connectivity index is 1.44. The number of likely N-dealkylation sites (tertiary alicyclic amines) is 1. The van der Waals surface area contributed by atoms with Gasteiger partial charge in [-0.2, -0.15) is 0 Å². The topological polar surface area (TPSA) is 61.9 Å². The molecule has 0 spiro atoms. The Hall–Kier alpha value is -1.14. The van der Waals surface area contributed by atoms with Gasteiger partial charge in [-0.05, 0) is 53.4 Å². The summed E-state index contributed by atoms with van der Waals surface area (Å²) in [4.78, 5) is 29.1. The maximum Gasteiger partial charge on any atom is 0.225 e. The van der Waals surface area contributed by atoms with Crippen LogP contribution in [0, 0.1) is 11.8 Å². The number of morpholine rings is 1. The first-order valence-corrected chi connectivity index (χ1v) is 10.2. The summed E-state index contributed by atoms with van der Waals surface area (Å²) in [5.41, 5.74) is -0.0927. The summed E-state index contributed by atoms with van der Waals surface area (Å²) in [5.74, 6) is 0.766. The summed E-state index contributed by atoms with van der Waals surface area (Å²) in [5, 5.41) is 3.17. The highest BCUT2D eigenvalue weighted by molar-refractivity contribution is 5.82. The molecule has 2 amide bonds. The van der Waals surface area contributed by atoms with Gasteiger partial charge in [0.15, 0.2) is 0 Å². The highest BCUT2D eigenvalue weighted by atomic mass is 16.5. The molecule has 0 aromatic rings. The summed E-state index contributed by atoms with van der Waals surface area (Å²) >= 11 is 0. The lowest BCUT2D eigenvalue weighted by Crippen LogP contribution is -2.59. The second kappa shape index (κ2) is 7.85. The Morgan fingerprint density at radius 1 is 1.00 bits per heavy atom. The van der Waals surface area contributed by atoms with Gasteiger partial charge in [-0.3, -0.25) is 14.5 Å². The lowest BCUT2D eigenvalue weighted by Gasteiger charge is -2.45. The van der Waals surface area contributed by atoms with Crippen molar-refractivity contribution in [2.24, 2.45) is 11.8 Å². The van der Waals surface area contributed by atoms with Crippen molar-refractivity contribution in [1.29, 1.82) is 0 Å². The zero-order valence-electron chi connectivity index (χ0n) is 16.8. The summed E-state index contributed by atoms with van der Waals surface area (Å²) in [7, 11) is 0. The van der Waals surface area contributed by atoms with E-state index in [0.717, 1.165) is 51.9 Å². The molecule has 1 N–H and O–H groups in total. The van der Waals surface area contributed by atoms with Gasteiger partial charge in [0.05, 0.1) is 12.2 Å². The normalized spacial score (nSPS) is 28.8. The van der Waals surface area contributed by atoms with Gasteiger partial charge in [-0.1, -0.05) is 0 Å². The van der Waals surface area contributed by atoms with Gasteiger partial charge < -0.3 is 15.0 Å². The van der Waals surface area contributed by atoms with Crippen LogP contribution in [-0.4, -0.2) is 72.1 Å². The molecule has 3 fully saturated rings. The molecule has 148 valence electrons. The summed E-state index contributed by atoms with van der Waals surface area (Å²) in [6.07, 6.45) is 4.12. The molecule has 6 nitrogen and oxygen atoms in total. The molecule has 3 rings (SSSR count). The van der Waals surface area contributed by atoms with Gasteiger partial charge in [0.2, 0.25) is 11.8 Å². The maximum atomic E-state index is 12.6. The van der Waals surface area contributed by atoms with Crippen LogP contribution in [0.1, 0.15) is 53.4 Å². The van der Waals surface area contributed by atoms with E-state index in [9.17, 15) is 9.59 Å². The van der Waals surface area contributed by atoms with Crippen molar-refractivity contribution in [2.75, 3.05) is 32.7 Å². The van der Waals surface area contributed by atoms with E-state index in [1.807, 2.05) is 4.90 Å². The fraction of sp³-hybridized carbons (Fsp3) is 0.900. The van der Waals surface area contributed by atoms with E-state index in [1.165, 1.54) is 0 Å². The van der Waals surface area contributed by atoms with E-state index in [0.29, 0.717) is 12.5 Å². The highest BCUT2D eigenvalue weighted by Gasteiger charge is 2.37. The predicted molar refractivity (Wildman–Crippen MR) is 101 cm³/mol. The van der Waals surface area contributed by atoms with Crippen LogP contribution in [0.3, 0.4) is 0 Å². The monoisotopic (exact) mass is 365 g/mol. The number of carbonyl (C=O) groups excluding carboxylic acids is 2. The van der Waals surface area contributed by atoms with Crippen molar-refractivity contribution in [3.05, 3.63) is 0 Å². The van der Waals surface area contributed by atoms with Crippen molar-refractivity contribution in [2.45, 2.75) is 71.1 Å². The summed E-state index contributed by atoms with van der Waals surface area (Å²) in [6, 6.07) is 0. The quantitative estimate of drug-likeness (QED) is 0.805. The molecule has 1 saturated carbocycles. The number of carbonyl (C=O) groups is 2. The van der Waals surface area contributed by atoms with Gasteiger partial charge in [-0.15, -0.1) is 0 Å². The van der Waals surface area contributed by atoms with Crippen molar-refractivity contribution < 1.29 is 14.3 Å². The number of piperidine rings is 1. The molecule has 0 bridgehead atoms. The van der Waals surface area contributed by atoms with Crippen LogP contribution >= 0.6 is 0 Å². The first kappa shape index (κ1) is 19.6. The average Bonchev–Trinajstić information content (AvgIpc) is 3.43. The number of rotatable bonds is 5. The Kier molecular flexibility index (Phi) is 5.92. The fourth-order valence-corrected chi connectivity index (χ4v) is 4.18. The van der Waals surface area contributed by atoms with Crippen LogP contribution < -0.4 is 5.32 Å². The van der Waals surface area contributed by atoms with E-state index in [1.54, 1.807) is 0 Å². The Bertz CT molecular complexity index is 514. The lowest BCUT2D eigenvalue weighted by atomic mass is 9.94. The molecular weight excluding hydrogens is 330 g/mol. The van der Waals surface area contributed by atoms with Crippen LogP contribution in [0.5, 0.6) is 0 Å². The first-order chi connectivity index (χ1) is 12.3. The van der Waals surface area contributed by atoms with Crippen LogP contribution in [-0.2, 0) is 14.3 Å². The lowest BCUT2D eigenvalue weighted by molar-refractivity contribution is -0.137. The minimum Gasteiger partial charge on any atom is -0.373 e. The predicted octanol–water partition coefficient (Wildman–Crippen LogP) is 1.64. The van der Waals surface area contributed by atoms with E-state index in [2.05, 4.69) is 37.9 Å². The van der Waals surface area contributed by atoms with Crippen LogP contribution in [0.15, 0.2) is 0 Å². The van der Waals surface area contributed by atoms with E-state index >= 15 is 0 Å². The third-order valence-electron chi connectivity index (χ3n) is 6.07. The first-order valence-electron chi connectivity index (χ1n) is 10.2. The molecule has 3 aliphatic rings. The Morgan fingerprint density at radius 2 is 1.58 bits per heavy atom. The fourth-order valence-electron chi connectivity index (χ4n) is 4.18. The summed E-state index contributed by atoms with van der Waals surface area (Å²) < 4.78 is 5.82. The molecule has 0 aromatic heterocycles. The molecule has 0 radical (unpaired) electrons. The van der Waals surface area contributed by atoms with E-state index in [-0.39, 0.29) is 35.5 Å². The zero-order chi connectivity index (χ0) is 18.9. The maximum absolute atomic E-state index is 12.6. The second-order valence-corrected chi connectivity index (χ2v) is 9.07. The average molecular weight is 366 g/mol. The number of amides is 2. The van der Waals surface area contributed by atoms with Crippen LogP contribution in [0.4, 0.5) is 0 Å². The molecule has 0 aromatic carbocycles. The zero-order valence-corrected chi connectivity index (χ0v) is 16.8. The highest BCUT2D eigenvalue weighted by Crippen LogP contribution is 2.32. The number of hydrogen-bond donors (Lipinski definition) is 1. The molecule has 2 aliphatic heterocycles. The number of ether oxygens (including phenoxy) is 1. The molecule has 2 atom stereocenters. The van der Waals surface area contributed by atoms with Crippen molar-refractivity contribution in [1.82, 2.24) is 15.1 Å². The Morgan fingerprint density at radius 3 is 2.12 bits per heavy atom. The molecule has 6 heteroatoms. The number of hydrogen-bond acceptors (Lipinski definition) is 4. The van der Waals surface area contributed by atoms with Crippen molar-refractivity contribution in [3.8, 4) is 0 Å². The number of nitrogens with one attached hydrogen (secondary N) is 1. The van der Waals surface area contributed by atoms with Crippen LogP contribution in [0.25, 0.3) is 0 Å². The van der Waals surface area contributed by atoms with Crippen molar-refractivity contribution in [3.63, 3.8) is 0 Å². The Labute approximate surface area is 157 Å². The third-order valence-corrected chi connectivity index (χ3v) is 6.07. The third kappa shape index (κ3) is 4.77. The summed E-state index contributed by atoms with van der Waals surface area (Å²) in [6.45, 7) is 12.5. The van der Waals surface area contributed by atoms with Gasteiger partial charge >= 0.3 is 0 Å². The molecular formula is C20H35N3O3. The minimum atomic E-state index is -0.0927. The van der Waals surface area contributed by atoms with Crippen LogP contribution in [0.2, 0.25) is 0 Å². The molecule has 1 aliphatic carbocycles. The van der Waals surface area contributed by atoms with Crippen molar-refractivity contribution >= 4 is 11.8 Å². The molecule has 0 unspecified atom stereocenters. The van der Waals surface area contributed by atoms with E-state index in [4.69, 9.17) is 4.74 Å².